The fourth-order valence-electron chi connectivity index (χ4n) is 3.78. The summed E-state index contributed by atoms with van der Waals surface area (Å²) in [5.74, 6) is -0.530. The zero-order valence-corrected chi connectivity index (χ0v) is 19.5. The van der Waals surface area contributed by atoms with Gasteiger partial charge in [0.25, 0.3) is 5.91 Å². The third-order valence-electron chi connectivity index (χ3n) is 5.63. The van der Waals surface area contributed by atoms with Crippen molar-refractivity contribution in [1.82, 2.24) is 13.9 Å². The maximum Gasteiger partial charge on any atom is 0.255 e. The van der Waals surface area contributed by atoms with Gasteiger partial charge in [-0.1, -0.05) is 12.5 Å². The molecule has 9 nitrogen and oxygen atoms in total. The third kappa shape index (κ3) is 5.89. The number of nitrogens with zero attached hydrogens (tertiary/aromatic N) is 3. The zero-order chi connectivity index (χ0) is 24.0. The highest BCUT2D eigenvalue weighted by Crippen LogP contribution is 2.22. The van der Waals surface area contributed by atoms with E-state index in [-0.39, 0.29) is 23.1 Å². The molecular formula is C24H27N5O4S. The van der Waals surface area contributed by atoms with Gasteiger partial charge in [0.1, 0.15) is 0 Å². The topological polar surface area (TPSA) is 113 Å². The predicted octanol–water partition coefficient (Wildman–Crippen LogP) is 3.34. The Hall–Kier alpha value is -3.50. The molecule has 0 bridgehead atoms. The van der Waals surface area contributed by atoms with Crippen LogP contribution in [0, 0.1) is 0 Å². The van der Waals surface area contributed by atoms with Gasteiger partial charge in [-0.3, -0.25) is 9.59 Å². The van der Waals surface area contributed by atoms with E-state index < -0.39 is 10.0 Å². The van der Waals surface area contributed by atoms with Crippen LogP contribution in [0.4, 0.5) is 11.4 Å². The summed E-state index contributed by atoms with van der Waals surface area (Å²) < 4.78 is 28.9. The second-order valence-corrected chi connectivity index (χ2v) is 10.1. The number of aryl methyl sites for hydroxylation is 1. The number of amides is 2. The van der Waals surface area contributed by atoms with Crippen molar-refractivity contribution in [2.75, 3.05) is 23.7 Å². The molecule has 2 amide bonds. The van der Waals surface area contributed by atoms with E-state index >= 15 is 0 Å². The van der Waals surface area contributed by atoms with Gasteiger partial charge in [0.05, 0.1) is 11.2 Å². The van der Waals surface area contributed by atoms with Crippen LogP contribution in [0.1, 0.15) is 36.0 Å². The molecule has 1 saturated heterocycles. The molecule has 1 aromatic heterocycles. The van der Waals surface area contributed by atoms with Crippen LogP contribution in [0.2, 0.25) is 0 Å². The number of carbonyl (C=O) groups excluding carboxylic acids is 2. The van der Waals surface area contributed by atoms with E-state index in [0.717, 1.165) is 19.3 Å². The molecule has 0 atom stereocenters. The van der Waals surface area contributed by atoms with Crippen LogP contribution in [0.3, 0.4) is 0 Å². The van der Waals surface area contributed by atoms with Crippen molar-refractivity contribution in [3.63, 3.8) is 0 Å². The summed E-state index contributed by atoms with van der Waals surface area (Å²) >= 11 is 0. The Morgan fingerprint density at radius 1 is 0.941 bits per heavy atom. The summed E-state index contributed by atoms with van der Waals surface area (Å²) in [6.07, 6.45) is 8.16. The molecule has 10 heteroatoms. The van der Waals surface area contributed by atoms with Gasteiger partial charge in [-0.2, -0.15) is 4.31 Å². The molecule has 4 rings (SSSR count). The molecule has 34 heavy (non-hydrogen) atoms. The Labute approximate surface area is 198 Å². The second kappa shape index (κ2) is 10.6. The SMILES string of the molecule is O=C(CCn1ccnc1)Nc1cccc(C(=O)Nc2ccc(S(=O)(=O)N3CCCCC3)cc2)c1. The first-order chi connectivity index (χ1) is 16.4. The number of rotatable bonds is 8. The van der Waals surface area contributed by atoms with Gasteiger partial charge in [-0.05, 0) is 55.3 Å². The van der Waals surface area contributed by atoms with Gasteiger partial charge in [0.15, 0.2) is 0 Å². The Morgan fingerprint density at radius 3 is 2.41 bits per heavy atom. The summed E-state index contributed by atoms with van der Waals surface area (Å²) in [4.78, 5) is 29.1. The molecule has 2 heterocycles. The van der Waals surface area contributed by atoms with Crippen LogP contribution in [0.15, 0.2) is 72.1 Å². The first-order valence-electron chi connectivity index (χ1n) is 11.2. The van der Waals surface area contributed by atoms with Crippen molar-refractivity contribution in [3.8, 4) is 0 Å². The van der Waals surface area contributed by atoms with Crippen molar-refractivity contribution in [2.24, 2.45) is 0 Å². The number of carbonyl (C=O) groups is 2. The van der Waals surface area contributed by atoms with Crippen LogP contribution in [-0.2, 0) is 21.4 Å². The molecule has 178 valence electrons. The van der Waals surface area contributed by atoms with Crippen LogP contribution >= 0.6 is 0 Å². The summed E-state index contributed by atoms with van der Waals surface area (Å²) in [6.45, 7) is 1.59. The Kier molecular flexibility index (Phi) is 7.39. The van der Waals surface area contributed by atoms with Gasteiger partial charge >= 0.3 is 0 Å². The van der Waals surface area contributed by atoms with E-state index in [9.17, 15) is 18.0 Å². The summed E-state index contributed by atoms with van der Waals surface area (Å²) in [5.41, 5.74) is 1.38. The first kappa shape index (κ1) is 23.7. The number of piperidine rings is 1. The maximum atomic E-state index is 12.8. The molecule has 0 saturated carbocycles. The highest BCUT2D eigenvalue weighted by atomic mass is 32.2. The van der Waals surface area contributed by atoms with Gasteiger partial charge in [0, 0.05) is 55.4 Å². The summed E-state index contributed by atoms with van der Waals surface area (Å²) in [5, 5.41) is 5.56. The minimum atomic E-state index is -3.52. The number of nitrogens with one attached hydrogen (secondary N) is 2. The number of aromatic nitrogens is 2. The van der Waals surface area contributed by atoms with Gasteiger partial charge < -0.3 is 15.2 Å². The van der Waals surface area contributed by atoms with Crippen molar-refractivity contribution in [2.45, 2.75) is 37.1 Å². The van der Waals surface area contributed by atoms with Gasteiger partial charge in [0.2, 0.25) is 15.9 Å². The highest BCUT2D eigenvalue weighted by molar-refractivity contribution is 7.89. The Bertz CT molecular complexity index is 1230. The summed E-state index contributed by atoms with van der Waals surface area (Å²) in [6, 6.07) is 12.8. The fraction of sp³-hybridized carbons (Fsp3) is 0.292. The quantitative estimate of drug-likeness (QED) is 0.512. The maximum absolute atomic E-state index is 12.8. The lowest BCUT2D eigenvalue weighted by Gasteiger charge is -2.25. The first-order valence-corrected chi connectivity index (χ1v) is 12.6. The van der Waals surface area contributed by atoms with Crippen molar-refractivity contribution in [1.29, 1.82) is 0 Å². The Balaban J connectivity index is 1.35. The Morgan fingerprint density at radius 2 is 1.71 bits per heavy atom. The van der Waals surface area contributed by atoms with Crippen molar-refractivity contribution >= 4 is 33.2 Å². The van der Waals surface area contributed by atoms with Gasteiger partial charge in [-0.15, -0.1) is 0 Å². The average Bonchev–Trinajstić information content (AvgIpc) is 3.38. The molecule has 2 aromatic carbocycles. The van der Waals surface area contributed by atoms with E-state index in [1.54, 1.807) is 55.1 Å². The fourth-order valence-corrected chi connectivity index (χ4v) is 5.30. The number of hydrogen-bond donors (Lipinski definition) is 2. The lowest BCUT2D eigenvalue weighted by atomic mass is 10.1. The lowest BCUT2D eigenvalue weighted by Crippen LogP contribution is -2.35. The zero-order valence-electron chi connectivity index (χ0n) is 18.7. The number of imidazole rings is 1. The smallest absolute Gasteiger partial charge is 0.255 e. The molecule has 0 radical (unpaired) electrons. The van der Waals surface area contributed by atoms with Gasteiger partial charge in [-0.25, -0.2) is 13.4 Å². The van der Waals surface area contributed by atoms with Crippen molar-refractivity contribution < 1.29 is 18.0 Å². The van der Waals surface area contributed by atoms with E-state index in [4.69, 9.17) is 0 Å². The van der Waals surface area contributed by atoms with E-state index in [0.29, 0.717) is 36.6 Å². The van der Waals surface area contributed by atoms with Crippen LogP contribution < -0.4 is 10.6 Å². The lowest BCUT2D eigenvalue weighted by molar-refractivity contribution is -0.116. The molecule has 3 aromatic rings. The predicted molar refractivity (Wildman–Crippen MR) is 129 cm³/mol. The highest BCUT2D eigenvalue weighted by Gasteiger charge is 2.25. The molecule has 1 fully saturated rings. The molecule has 0 aliphatic carbocycles. The number of sulfonamides is 1. The molecule has 2 N–H and O–H groups in total. The largest absolute Gasteiger partial charge is 0.337 e. The number of benzene rings is 2. The van der Waals surface area contributed by atoms with Crippen molar-refractivity contribution in [3.05, 3.63) is 72.8 Å². The standard InChI is InChI=1S/C24H27N5O4S/c30-23(11-15-28-16-12-25-18-28)26-21-6-4-5-19(17-21)24(31)27-20-7-9-22(10-8-20)34(32,33)29-13-2-1-3-14-29/h4-10,12,16-18H,1-3,11,13-15H2,(H,26,30)(H,27,31). The van der Waals surface area contributed by atoms with E-state index in [1.165, 1.54) is 16.4 Å². The normalized spacial score (nSPS) is 14.5. The molecule has 0 unspecified atom stereocenters. The molecule has 0 spiro atoms. The third-order valence-corrected chi connectivity index (χ3v) is 7.54. The van der Waals surface area contributed by atoms with Crippen LogP contribution in [0.5, 0.6) is 0 Å². The number of hydrogen-bond acceptors (Lipinski definition) is 5. The molecule has 1 aliphatic heterocycles. The average molecular weight is 482 g/mol. The molecule has 1 aliphatic rings. The van der Waals surface area contributed by atoms with Crippen LogP contribution in [0.25, 0.3) is 0 Å². The minimum Gasteiger partial charge on any atom is -0.337 e. The molecular weight excluding hydrogens is 454 g/mol. The van der Waals surface area contributed by atoms with Crippen LogP contribution in [-0.4, -0.2) is 47.2 Å². The van der Waals surface area contributed by atoms with E-state index in [2.05, 4.69) is 15.6 Å². The second-order valence-electron chi connectivity index (χ2n) is 8.12. The van der Waals surface area contributed by atoms with E-state index in [1.807, 2.05) is 4.57 Å². The summed E-state index contributed by atoms with van der Waals surface area (Å²) in [7, 11) is -3.52. The monoisotopic (exact) mass is 481 g/mol. The minimum absolute atomic E-state index is 0.170. The number of anilines is 2.